The lowest BCUT2D eigenvalue weighted by Crippen LogP contribution is -2.42. The van der Waals surface area contributed by atoms with Crippen LogP contribution in [0.1, 0.15) is 62.6 Å². The molecule has 0 saturated heterocycles. The van der Waals surface area contributed by atoms with Crippen LogP contribution < -0.4 is 0 Å². The van der Waals surface area contributed by atoms with Gasteiger partial charge in [-0.3, -0.25) is 0 Å². The van der Waals surface area contributed by atoms with Crippen molar-refractivity contribution in [2.24, 2.45) is 17.8 Å². The molecule has 0 aliphatic heterocycles. The van der Waals surface area contributed by atoms with Crippen molar-refractivity contribution in [2.75, 3.05) is 0 Å². The third-order valence-corrected chi connectivity index (χ3v) is 12.0. The smallest absolute Gasteiger partial charge is 0.164 e. The first-order valence-electron chi connectivity index (χ1n) is 19.4. The van der Waals surface area contributed by atoms with E-state index < -0.39 is 0 Å². The van der Waals surface area contributed by atoms with Gasteiger partial charge in [0, 0.05) is 16.7 Å². The molecule has 4 atom stereocenters. The minimum Gasteiger partial charge on any atom is -0.208 e. The fourth-order valence-electron chi connectivity index (χ4n) is 9.73. The number of benzene rings is 6. The third-order valence-electron chi connectivity index (χ3n) is 12.0. The molecule has 2 aliphatic carbocycles. The monoisotopic (exact) mass is 711 g/mol. The molecule has 6 aromatic carbocycles. The van der Waals surface area contributed by atoms with E-state index in [4.69, 9.17) is 15.0 Å². The highest BCUT2D eigenvalue weighted by Crippen LogP contribution is 2.54. The number of hydrogen-bond acceptors (Lipinski definition) is 5. The first kappa shape index (κ1) is 34.3. The first-order chi connectivity index (χ1) is 26.9. The number of aromatic nitrogens is 3. The highest BCUT2D eigenvalue weighted by Gasteiger charge is 2.45. The van der Waals surface area contributed by atoms with Gasteiger partial charge in [0.2, 0.25) is 0 Å². The van der Waals surface area contributed by atoms with Gasteiger partial charge in [-0.2, -0.15) is 10.5 Å². The van der Waals surface area contributed by atoms with E-state index in [1.54, 1.807) is 12.1 Å². The van der Waals surface area contributed by atoms with Crippen molar-refractivity contribution in [3.05, 3.63) is 150 Å². The maximum Gasteiger partial charge on any atom is 0.164 e. The molecule has 9 rings (SSSR count). The topological polar surface area (TPSA) is 86.2 Å². The van der Waals surface area contributed by atoms with Gasteiger partial charge in [-0.15, -0.1) is 0 Å². The molecular formula is C50H41N5. The minimum absolute atomic E-state index is 0.288. The molecule has 0 amide bonds. The number of hydrogen-bond donors (Lipinski definition) is 0. The summed E-state index contributed by atoms with van der Waals surface area (Å²) in [5.41, 5.74) is 9.98. The Morgan fingerprint density at radius 2 is 0.982 bits per heavy atom. The summed E-state index contributed by atoms with van der Waals surface area (Å²) in [6, 6.07) is 50.0. The molecular weight excluding hydrogens is 671 g/mol. The van der Waals surface area contributed by atoms with Crippen molar-refractivity contribution in [3.63, 3.8) is 0 Å². The molecule has 55 heavy (non-hydrogen) atoms. The highest BCUT2D eigenvalue weighted by molar-refractivity contribution is 5.99. The van der Waals surface area contributed by atoms with Gasteiger partial charge in [-0.05, 0) is 142 Å². The molecule has 1 heterocycles. The first-order valence-corrected chi connectivity index (χ1v) is 19.4. The van der Waals surface area contributed by atoms with Gasteiger partial charge in [-0.25, -0.2) is 15.0 Å². The van der Waals surface area contributed by atoms with E-state index in [1.807, 2.05) is 48.5 Å². The zero-order valence-electron chi connectivity index (χ0n) is 31.2. The maximum atomic E-state index is 9.47. The Morgan fingerprint density at radius 3 is 1.56 bits per heavy atom. The lowest BCUT2D eigenvalue weighted by Gasteiger charge is -2.50. The summed E-state index contributed by atoms with van der Waals surface area (Å²) in [6.45, 7) is 4.90. The summed E-state index contributed by atoms with van der Waals surface area (Å²) < 4.78 is 0. The lowest BCUT2D eigenvalue weighted by atomic mass is 9.54. The number of nitrogens with zero attached hydrogens (tertiary/aromatic N) is 5. The van der Waals surface area contributed by atoms with Crippen LogP contribution in [0.5, 0.6) is 0 Å². The molecule has 5 heteroatoms. The Bertz CT molecular complexity index is 2590. The molecule has 1 aromatic heterocycles. The molecule has 1 unspecified atom stereocenters. The number of rotatable bonds is 6. The normalized spacial score (nSPS) is 20.4. The van der Waals surface area contributed by atoms with Gasteiger partial charge in [-0.1, -0.05) is 98.8 Å². The lowest BCUT2D eigenvalue weighted by molar-refractivity contribution is 0.0780. The Labute approximate surface area is 323 Å². The van der Waals surface area contributed by atoms with Crippen LogP contribution in [-0.2, 0) is 5.41 Å². The zero-order chi connectivity index (χ0) is 37.5. The SMILES string of the molecule is C[C@@H]1C[C@@H]2C[C@H](C)CC(c3ccc(-c4cc(-c5nc(-c6ccc(C#N)cc6)nc(-c6ccc(-c7ccc(C#N)cc7)cc6)n5)c5ccccc5c4)cc3)(C1)C2. The summed E-state index contributed by atoms with van der Waals surface area (Å²) in [5, 5.41) is 20.9. The van der Waals surface area contributed by atoms with Crippen LogP contribution in [-0.4, -0.2) is 15.0 Å². The number of fused-ring (bicyclic) bond motifs is 3. The molecule has 0 radical (unpaired) electrons. The van der Waals surface area contributed by atoms with Gasteiger partial charge in [0.05, 0.1) is 23.3 Å². The van der Waals surface area contributed by atoms with Crippen molar-refractivity contribution in [3.8, 4) is 68.6 Å². The molecule has 2 aliphatic rings. The van der Waals surface area contributed by atoms with E-state index in [0.29, 0.717) is 28.6 Å². The van der Waals surface area contributed by atoms with Crippen molar-refractivity contribution in [2.45, 2.75) is 51.4 Å². The van der Waals surface area contributed by atoms with Crippen LogP contribution in [0, 0.1) is 40.4 Å². The molecule has 2 fully saturated rings. The van der Waals surface area contributed by atoms with E-state index in [-0.39, 0.29) is 5.41 Å². The van der Waals surface area contributed by atoms with E-state index >= 15 is 0 Å². The second kappa shape index (κ2) is 14.1. The molecule has 5 nitrogen and oxygen atoms in total. The van der Waals surface area contributed by atoms with Crippen LogP contribution in [0.15, 0.2) is 133 Å². The predicted octanol–water partition coefficient (Wildman–Crippen LogP) is 12.2. The molecule has 7 aromatic rings. The summed E-state index contributed by atoms with van der Waals surface area (Å²) in [4.78, 5) is 15.3. The predicted molar refractivity (Wildman–Crippen MR) is 221 cm³/mol. The highest BCUT2D eigenvalue weighted by atomic mass is 15.0. The van der Waals surface area contributed by atoms with Gasteiger partial charge in [0.1, 0.15) is 0 Å². The Balaban J connectivity index is 1.14. The molecule has 266 valence electrons. The maximum absolute atomic E-state index is 9.47. The van der Waals surface area contributed by atoms with Gasteiger partial charge in [0.25, 0.3) is 0 Å². The van der Waals surface area contributed by atoms with Gasteiger partial charge in [0.15, 0.2) is 17.5 Å². The van der Waals surface area contributed by atoms with Crippen molar-refractivity contribution >= 4 is 10.8 Å². The summed E-state index contributed by atoms with van der Waals surface area (Å²) in [5.74, 6) is 4.08. The number of nitriles is 2. The van der Waals surface area contributed by atoms with Crippen LogP contribution >= 0.6 is 0 Å². The Kier molecular flexibility index (Phi) is 8.80. The van der Waals surface area contributed by atoms with Gasteiger partial charge >= 0.3 is 0 Å². The Morgan fingerprint density at radius 1 is 0.509 bits per heavy atom. The van der Waals surface area contributed by atoms with E-state index in [1.165, 1.54) is 43.2 Å². The second-order valence-electron chi connectivity index (χ2n) is 16.0. The van der Waals surface area contributed by atoms with E-state index in [2.05, 4.69) is 98.8 Å². The summed E-state index contributed by atoms with van der Waals surface area (Å²) in [7, 11) is 0. The van der Waals surface area contributed by atoms with Crippen molar-refractivity contribution < 1.29 is 0 Å². The minimum atomic E-state index is 0.288. The molecule has 0 N–H and O–H groups in total. The van der Waals surface area contributed by atoms with E-state index in [0.717, 1.165) is 61.9 Å². The standard InChI is InChI=1S/C50H41N5/c1-32-23-36-24-33(2)28-50(27-32,29-36)44-21-19-39(20-22-44)43-25-42-5-3-4-6-45(42)46(26-43)49-54-47(40-13-9-35(31-52)10-14-40)53-48(55-49)41-17-15-38(16-18-41)37-11-7-34(30-51)8-12-37/h3-22,25-26,32-33,36H,23-24,27-29H2,1-2H3/t32-,33+,36-,50?. The molecule has 2 bridgehead atoms. The van der Waals surface area contributed by atoms with Crippen molar-refractivity contribution in [1.29, 1.82) is 10.5 Å². The average Bonchev–Trinajstić information content (AvgIpc) is 3.22. The zero-order valence-corrected chi connectivity index (χ0v) is 31.2. The van der Waals surface area contributed by atoms with Crippen LogP contribution in [0.4, 0.5) is 0 Å². The van der Waals surface area contributed by atoms with Crippen LogP contribution in [0.3, 0.4) is 0 Å². The van der Waals surface area contributed by atoms with Gasteiger partial charge < -0.3 is 0 Å². The largest absolute Gasteiger partial charge is 0.208 e. The molecule has 0 spiro atoms. The second-order valence-corrected chi connectivity index (χ2v) is 16.0. The summed E-state index contributed by atoms with van der Waals surface area (Å²) in [6.07, 6.45) is 6.64. The molecule has 2 saturated carbocycles. The fraction of sp³-hybridized carbons (Fsp3) is 0.220. The average molecular weight is 712 g/mol. The quantitative estimate of drug-likeness (QED) is 0.171. The van der Waals surface area contributed by atoms with E-state index in [9.17, 15) is 10.5 Å². The van der Waals surface area contributed by atoms with Crippen LogP contribution in [0.25, 0.3) is 67.2 Å². The fourth-order valence-corrected chi connectivity index (χ4v) is 9.73. The van der Waals surface area contributed by atoms with Crippen LogP contribution in [0.2, 0.25) is 0 Å². The van der Waals surface area contributed by atoms with Crippen molar-refractivity contribution in [1.82, 2.24) is 15.0 Å². The Hall–Kier alpha value is -6.43. The summed E-state index contributed by atoms with van der Waals surface area (Å²) >= 11 is 0. The third kappa shape index (κ3) is 6.68.